The van der Waals surface area contributed by atoms with E-state index in [9.17, 15) is 19.5 Å². The number of aliphatic carboxylic acids is 1. The molecule has 0 aliphatic heterocycles. The molecular formula is C25H30N2O6. The smallest absolute Gasteiger partial charge is 0.305 e. The van der Waals surface area contributed by atoms with E-state index in [1.54, 1.807) is 37.5 Å². The van der Waals surface area contributed by atoms with Crippen LogP contribution in [0.1, 0.15) is 25.3 Å². The standard InChI is InChI=1S/C25H30N2O6/c1-19(28)27-25-20(13-11-15-22(25)33-2)12-9-7-5-3-4-6-8-10-14-21(29)18-23(30)26-17-16-24(31)32/h3-15,21,29H,16-18H2,1-2H3,(H,26,30)(H,27,28)(H,31,32)/t21-/m0/s1. The first-order valence-electron chi connectivity index (χ1n) is 10.3. The number of carboxylic acid groups (broad SMARTS) is 1. The van der Waals surface area contributed by atoms with E-state index in [0.717, 1.165) is 5.56 Å². The molecule has 8 nitrogen and oxygen atoms in total. The van der Waals surface area contributed by atoms with Gasteiger partial charge in [0.1, 0.15) is 5.75 Å². The predicted molar refractivity (Wildman–Crippen MR) is 129 cm³/mol. The van der Waals surface area contributed by atoms with Gasteiger partial charge in [-0.05, 0) is 6.07 Å². The normalized spacial score (nSPS) is 12.8. The number of aliphatic hydroxyl groups is 1. The molecule has 33 heavy (non-hydrogen) atoms. The van der Waals surface area contributed by atoms with Crippen LogP contribution >= 0.6 is 0 Å². The highest BCUT2D eigenvalue weighted by Crippen LogP contribution is 2.29. The summed E-state index contributed by atoms with van der Waals surface area (Å²) in [6.45, 7) is 1.48. The predicted octanol–water partition coefficient (Wildman–Crippen LogP) is 3.23. The molecule has 8 heteroatoms. The fourth-order valence-corrected chi connectivity index (χ4v) is 2.54. The molecule has 2 amide bonds. The van der Waals surface area contributed by atoms with Gasteiger partial charge in [-0.1, -0.05) is 72.9 Å². The highest BCUT2D eigenvalue weighted by molar-refractivity contribution is 5.93. The van der Waals surface area contributed by atoms with Crippen molar-refractivity contribution < 1.29 is 29.3 Å². The fourth-order valence-electron chi connectivity index (χ4n) is 2.54. The van der Waals surface area contributed by atoms with Crippen molar-refractivity contribution in [3.8, 4) is 5.75 Å². The number of carboxylic acids is 1. The molecule has 0 aliphatic rings. The monoisotopic (exact) mass is 454 g/mol. The molecule has 0 aliphatic carbocycles. The third kappa shape index (κ3) is 12.5. The zero-order valence-electron chi connectivity index (χ0n) is 18.7. The topological polar surface area (TPSA) is 125 Å². The summed E-state index contributed by atoms with van der Waals surface area (Å²) in [7, 11) is 1.55. The Morgan fingerprint density at radius 1 is 1.03 bits per heavy atom. The summed E-state index contributed by atoms with van der Waals surface area (Å²) in [5.74, 6) is -1.00. The van der Waals surface area contributed by atoms with E-state index in [1.807, 2.05) is 42.5 Å². The zero-order valence-corrected chi connectivity index (χ0v) is 18.7. The van der Waals surface area contributed by atoms with Gasteiger partial charge in [-0.2, -0.15) is 0 Å². The second-order valence-corrected chi connectivity index (χ2v) is 6.77. The highest BCUT2D eigenvalue weighted by Gasteiger charge is 2.08. The van der Waals surface area contributed by atoms with Crippen LogP contribution in [0.25, 0.3) is 6.08 Å². The number of benzene rings is 1. The molecular weight excluding hydrogens is 424 g/mol. The minimum absolute atomic E-state index is 0.0357. The second kappa shape index (κ2) is 15.8. The van der Waals surface area contributed by atoms with Crippen molar-refractivity contribution in [3.63, 3.8) is 0 Å². The Bertz CT molecular complexity index is 944. The average molecular weight is 455 g/mol. The molecule has 0 fully saturated rings. The van der Waals surface area contributed by atoms with Gasteiger partial charge in [0, 0.05) is 19.0 Å². The van der Waals surface area contributed by atoms with Crippen LogP contribution in [-0.4, -0.2) is 47.8 Å². The summed E-state index contributed by atoms with van der Waals surface area (Å²) < 4.78 is 5.29. The average Bonchev–Trinajstić information content (AvgIpc) is 2.75. The molecule has 1 atom stereocenters. The lowest BCUT2D eigenvalue weighted by Gasteiger charge is -2.11. The Morgan fingerprint density at radius 3 is 2.27 bits per heavy atom. The van der Waals surface area contributed by atoms with E-state index in [2.05, 4.69) is 10.6 Å². The summed E-state index contributed by atoms with van der Waals surface area (Å²) in [4.78, 5) is 33.3. The number of carbonyl (C=O) groups is 3. The molecule has 0 bridgehead atoms. The Hall–Kier alpha value is -3.91. The second-order valence-electron chi connectivity index (χ2n) is 6.77. The van der Waals surface area contributed by atoms with E-state index in [-0.39, 0.29) is 25.3 Å². The summed E-state index contributed by atoms with van der Waals surface area (Å²) in [5.41, 5.74) is 1.43. The summed E-state index contributed by atoms with van der Waals surface area (Å²) in [5, 5.41) is 23.5. The van der Waals surface area contributed by atoms with Crippen LogP contribution in [0.15, 0.2) is 72.9 Å². The molecule has 4 N–H and O–H groups in total. The van der Waals surface area contributed by atoms with Gasteiger partial charge in [-0.3, -0.25) is 14.4 Å². The van der Waals surface area contributed by atoms with Gasteiger partial charge < -0.3 is 25.6 Å². The van der Waals surface area contributed by atoms with Crippen LogP contribution in [0, 0.1) is 0 Å². The summed E-state index contributed by atoms with van der Waals surface area (Å²) >= 11 is 0. The molecule has 0 aromatic heterocycles. The number of para-hydroxylation sites is 1. The lowest BCUT2D eigenvalue weighted by molar-refractivity contribution is -0.137. The third-order valence-corrected chi connectivity index (χ3v) is 4.02. The number of methoxy groups -OCH3 is 1. The van der Waals surface area contributed by atoms with Gasteiger partial charge in [0.05, 0.1) is 31.7 Å². The van der Waals surface area contributed by atoms with Crippen molar-refractivity contribution in [2.45, 2.75) is 25.9 Å². The van der Waals surface area contributed by atoms with Crippen molar-refractivity contribution in [3.05, 3.63) is 78.4 Å². The number of hydrogen-bond donors (Lipinski definition) is 4. The first kappa shape index (κ1) is 27.1. The van der Waals surface area contributed by atoms with E-state index < -0.39 is 18.0 Å². The number of allylic oxidation sites excluding steroid dienone is 8. The maximum absolute atomic E-state index is 11.5. The first-order chi connectivity index (χ1) is 15.8. The molecule has 0 heterocycles. The SMILES string of the molecule is COc1cccc(C=CC=CC=CC=CC=C[C@H](O)CC(=O)NCCC(=O)O)c1NC(C)=O. The van der Waals surface area contributed by atoms with Gasteiger partial charge >= 0.3 is 5.97 Å². The molecule has 0 saturated carbocycles. The fraction of sp³-hybridized carbons (Fsp3) is 0.240. The van der Waals surface area contributed by atoms with Crippen molar-refractivity contribution in [2.75, 3.05) is 19.0 Å². The van der Waals surface area contributed by atoms with Crippen molar-refractivity contribution >= 4 is 29.5 Å². The number of rotatable bonds is 13. The summed E-state index contributed by atoms with van der Waals surface area (Å²) in [6.07, 6.45) is 16.3. The number of hydrogen-bond acceptors (Lipinski definition) is 5. The van der Waals surface area contributed by atoms with Crippen LogP contribution in [0.3, 0.4) is 0 Å². The largest absolute Gasteiger partial charge is 0.495 e. The molecule has 176 valence electrons. The van der Waals surface area contributed by atoms with E-state index in [1.165, 1.54) is 13.0 Å². The Kier molecular flexibility index (Phi) is 13.0. The Balaban J connectivity index is 2.46. The quantitative estimate of drug-likeness (QED) is 0.339. The van der Waals surface area contributed by atoms with Crippen LogP contribution in [-0.2, 0) is 14.4 Å². The number of ether oxygens (including phenoxy) is 1. The molecule has 0 radical (unpaired) electrons. The Morgan fingerprint density at radius 2 is 1.67 bits per heavy atom. The molecule has 0 saturated heterocycles. The van der Waals surface area contributed by atoms with Crippen LogP contribution in [0.2, 0.25) is 0 Å². The third-order valence-electron chi connectivity index (χ3n) is 4.02. The molecule has 0 spiro atoms. The van der Waals surface area contributed by atoms with Gasteiger partial charge in [0.25, 0.3) is 0 Å². The highest BCUT2D eigenvalue weighted by atomic mass is 16.5. The van der Waals surface area contributed by atoms with Gasteiger partial charge in [-0.15, -0.1) is 0 Å². The van der Waals surface area contributed by atoms with Crippen molar-refractivity contribution in [1.82, 2.24) is 5.32 Å². The molecule has 1 aromatic rings. The minimum Gasteiger partial charge on any atom is -0.495 e. The number of carbonyl (C=O) groups excluding carboxylic acids is 2. The Labute approximate surface area is 193 Å². The zero-order chi connectivity index (χ0) is 24.5. The number of aliphatic hydroxyl groups excluding tert-OH is 1. The van der Waals surface area contributed by atoms with Crippen LogP contribution < -0.4 is 15.4 Å². The van der Waals surface area contributed by atoms with E-state index in [0.29, 0.717) is 11.4 Å². The van der Waals surface area contributed by atoms with E-state index >= 15 is 0 Å². The maximum atomic E-state index is 11.5. The van der Waals surface area contributed by atoms with E-state index in [4.69, 9.17) is 9.84 Å². The van der Waals surface area contributed by atoms with Crippen LogP contribution in [0.4, 0.5) is 5.69 Å². The van der Waals surface area contributed by atoms with Gasteiger partial charge in [0.15, 0.2) is 0 Å². The maximum Gasteiger partial charge on any atom is 0.305 e. The number of anilines is 1. The lowest BCUT2D eigenvalue weighted by Crippen LogP contribution is -2.28. The lowest BCUT2D eigenvalue weighted by atomic mass is 10.1. The van der Waals surface area contributed by atoms with Crippen molar-refractivity contribution in [2.24, 2.45) is 0 Å². The van der Waals surface area contributed by atoms with Crippen molar-refractivity contribution in [1.29, 1.82) is 0 Å². The van der Waals surface area contributed by atoms with Gasteiger partial charge in [0.2, 0.25) is 11.8 Å². The molecule has 0 unspecified atom stereocenters. The molecule has 1 aromatic carbocycles. The first-order valence-corrected chi connectivity index (χ1v) is 10.3. The number of amides is 2. The number of nitrogens with one attached hydrogen (secondary N) is 2. The van der Waals surface area contributed by atoms with Gasteiger partial charge in [-0.25, -0.2) is 0 Å². The summed E-state index contributed by atoms with van der Waals surface area (Å²) in [6, 6.07) is 5.49. The molecule has 1 rings (SSSR count). The van der Waals surface area contributed by atoms with Crippen LogP contribution in [0.5, 0.6) is 5.75 Å². The minimum atomic E-state index is -0.993.